The Kier molecular flexibility index (Phi) is 6.83. The molecule has 0 unspecified atom stereocenters. The predicted octanol–water partition coefficient (Wildman–Crippen LogP) is 4.18. The summed E-state index contributed by atoms with van der Waals surface area (Å²) >= 11 is 0. The minimum Gasteiger partial charge on any atom is -0.356 e. The van der Waals surface area contributed by atoms with Crippen LogP contribution in [0.2, 0.25) is 0 Å². The molecule has 0 saturated carbocycles. The Labute approximate surface area is 145 Å². The lowest BCUT2D eigenvalue weighted by atomic mass is 10.1. The highest BCUT2D eigenvalue weighted by Crippen LogP contribution is 2.19. The van der Waals surface area contributed by atoms with E-state index in [1.54, 1.807) is 0 Å². The lowest BCUT2D eigenvalue weighted by Gasteiger charge is -2.12. The second-order valence-corrected chi connectivity index (χ2v) is 7.28. The van der Waals surface area contributed by atoms with Gasteiger partial charge in [0.1, 0.15) is 5.82 Å². The van der Waals surface area contributed by atoms with Crippen molar-refractivity contribution < 1.29 is 4.79 Å². The highest BCUT2D eigenvalue weighted by Gasteiger charge is 2.11. The van der Waals surface area contributed by atoms with Gasteiger partial charge in [0, 0.05) is 25.4 Å². The standard InChI is InChI=1S/C20H31N3O/c1-15(2)14-23-18-11-8-7-10-17(18)22-19(23)12-6-5-9-13-21-20(24)16(3)4/h7-8,10-11,15-16H,5-6,9,12-14H2,1-4H3,(H,21,24). The zero-order valence-electron chi connectivity index (χ0n) is 15.5. The lowest BCUT2D eigenvalue weighted by molar-refractivity contribution is -0.123. The molecule has 0 spiro atoms. The molecule has 1 amide bonds. The summed E-state index contributed by atoms with van der Waals surface area (Å²) < 4.78 is 2.38. The Morgan fingerprint density at radius 2 is 1.88 bits per heavy atom. The van der Waals surface area contributed by atoms with Crippen LogP contribution in [0.4, 0.5) is 0 Å². The van der Waals surface area contributed by atoms with Crippen LogP contribution >= 0.6 is 0 Å². The summed E-state index contributed by atoms with van der Waals surface area (Å²) in [6.07, 6.45) is 4.25. The van der Waals surface area contributed by atoms with E-state index >= 15 is 0 Å². The molecule has 24 heavy (non-hydrogen) atoms. The molecule has 1 heterocycles. The van der Waals surface area contributed by atoms with Crippen molar-refractivity contribution in [3.8, 4) is 0 Å². The molecule has 0 saturated heterocycles. The number of fused-ring (bicyclic) bond motifs is 1. The first-order valence-corrected chi connectivity index (χ1v) is 9.21. The lowest BCUT2D eigenvalue weighted by Crippen LogP contribution is -2.28. The molecule has 0 aliphatic rings. The topological polar surface area (TPSA) is 46.9 Å². The predicted molar refractivity (Wildman–Crippen MR) is 100.0 cm³/mol. The van der Waals surface area contributed by atoms with Gasteiger partial charge in [-0.2, -0.15) is 0 Å². The number of hydrogen-bond donors (Lipinski definition) is 1. The summed E-state index contributed by atoms with van der Waals surface area (Å²) in [7, 11) is 0. The van der Waals surface area contributed by atoms with E-state index in [4.69, 9.17) is 4.98 Å². The van der Waals surface area contributed by atoms with Crippen molar-refractivity contribution in [3.63, 3.8) is 0 Å². The van der Waals surface area contributed by atoms with Crippen LogP contribution in [0.1, 0.15) is 52.8 Å². The highest BCUT2D eigenvalue weighted by atomic mass is 16.1. The third-order valence-electron chi connectivity index (χ3n) is 4.18. The van der Waals surface area contributed by atoms with Crippen molar-refractivity contribution in [2.75, 3.05) is 6.54 Å². The third-order valence-corrected chi connectivity index (χ3v) is 4.18. The number of nitrogens with one attached hydrogen (secondary N) is 1. The Hall–Kier alpha value is -1.84. The minimum atomic E-state index is 0.0703. The Balaban J connectivity index is 1.87. The number of amides is 1. The first-order valence-electron chi connectivity index (χ1n) is 9.21. The van der Waals surface area contributed by atoms with E-state index in [0.717, 1.165) is 44.3 Å². The molecule has 0 fully saturated rings. The number of carbonyl (C=O) groups excluding carboxylic acids is 1. The van der Waals surface area contributed by atoms with Crippen LogP contribution in [-0.4, -0.2) is 22.0 Å². The van der Waals surface area contributed by atoms with Crippen molar-refractivity contribution >= 4 is 16.9 Å². The third kappa shape index (κ3) is 5.08. The van der Waals surface area contributed by atoms with Crippen LogP contribution in [0.25, 0.3) is 11.0 Å². The summed E-state index contributed by atoms with van der Waals surface area (Å²) in [6, 6.07) is 8.39. The molecule has 1 aromatic carbocycles. The number of imidazole rings is 1. The van der Waals surface area contributed by atoms with Gasteiger partial charge < -0.3 is 9.88 Å². The summed E-state index contributed by atoms with van der Waals surface area (Å²) in [6.45, 7) is 10.1. The maximum atomic E-state index is 11.5. The number of hydrogen-bond acceptors (Lipinski definition) is 2. The van der Waals surface area contributed by atoms with Crippen molar-refractivity contribution in [2.24, 2.45) is 11.8 Å². The number of aromatic nitrogens is 2. The fourth-order valence-corrected chi connectivity index (χ4v) is 2.89. The first kappa shape index (κ1) is 18.5. The van der Waals surface area contributed by atoms with Gasteiger partial charge in [0.25, 0.3) is 0 Å². The second-order valence-electron chi connectivity index (χ2n) is 7.28. The summed E-state index contributed by atoms with van der Waals surface area (Å²) in [4.78, 5) is 16.3. The van der Waals surface area contributed by atoms with Gasteiger partial charge in [-0.1, -0.05) is 46.2 Å². The van der Waals surface area contributed by atoms with Crippen LogP contribution in [0.15, 0.2) is 24.3 Å². The molecular formula is C20H31N3O. The van der Waals surface area contributed by atoms with Gasteiger partial charge in [0.2, 0.25) is 5.91 Å². The van der Waals surface area contributed by atoms with Crippen LogP contribution in [0.3, 0.4) is 0 Å². The summed E-state index contributed by atoms with van der Waals surface area (Å²) in [5, 5.41) is 2.98. The number of benzene rings is 1. The second kappa shape index (κ2) is 8.86. The van der Waals surface area contributed by atoms with Crippen molar-refractivity contribution in [1.29, 1.82) is 0 Å². The van der Waals surface area contributed by atoms with Crippen molar-refractivity contribution in [3.05, 3.63) is 30.1 Å². The van der Waals surface area contributed by atoms with Crippen LogP contribution in [0.5, 0.6) is 0 Å². The monoisotopic (exact) mass is 329 g/mol. The molecule has 0 aliphatic heterocycles. The molecular weight excluding hydrogens is 298 g/mol. The van der Waals surface area contributed by atoms with E-state index in [1.807, 2.05) is 13.8 Å². The molecule has 132 valence electrons. The summed E-state index contributed by atoms with van der Waals surface area (Å²) in [5.74, 6) is 2.01. The SMILES string of the molecule is CC(C)Cn1c(CCCCCNC(=O)C(C)C)nc2ccccc21. The zero-order chi connectivity index (χ0) is 17.5. The molecule has 0 atom stereocenters. The molecule has 1 N–H and O–H groups in total. The van der Waals surface area contributed by atoms with Gasteiger partial charge in [-0.3, -0.25) is 4.79 Å². The van der Waals surface area contributed by atoms with Gasteiger partial charge in [0.05, 0.1) is 11.0 Å². The van der Waals surface area contributed by atoms with Crippen molar-refractivity contribution in [1.82, 2.24) is 14.9 Å². The Bertz CT molecular complexity index is 658. The van der Waals surface area contributed by atoms with E-state index in [-0.39, 0.29) is 11.8 Å². The Morgan fingerprint density at radius 3 is 2.58 bits per heavy atom. The van der Waals surface area contributed by atoms with Crippen molar-refractivity contribution in [2.45, 2.75) is 59.9 Å². The fraction of sp³-hybridized carbons (Fsp3) is 0.600. The van der Waals surface area contributed by atoms with Gasteiger partial charge in [-0.15, -0.1) is 0 Å². The van der Waals surface area contributed by atoms with E-state index in [0.29, 0.717) is 5.92 Å². The number of rotatable bonds is 9. The van der Waals surface area contributed by atoms with Crippen LogP contribution in [-0.2, 0) is 17.8 Å². The summed E-state index contributed by atoms with van der Waals surface area (Å²) in [5.41, 5.74) is 2.34. The fourth-order valence-electron chi connectivity index (χ4n) is 2.89. The van der Waals surface area contributed by atoms with Crippen LogP contribution in [0, 0.1) is 11.8 Å². The quantitative estimate of drug-likeness (QED) is 0.702. The average Bonchev–Trinajstić information content (AvgIpc) is 2.87. The smallest absolute Gasteiger partial charge is 0.222 e. The maximum Gasteiger partial charge on any atom is 0.222 e. The van der Waals surface area contributed by atoms with E-state index in [9.17, 15) is 4.79 Å². The van der Waals surface area contributed by atoms with Gasteiger partial charge in [0.15, 0.2) is 0 Å². The molecule has 4 nitrogen and oxygen atoms in total. The van der Waals surface area contributed by atoms with Gasteiger partial charge >= 0.3 is 0 Å². The van der Waals surface area contributed by atoms with Crippen LogP contribution < -0.4 is 5.32 Å². The molecule has 1 aromatic heterocycles. The number of unbranched alkanes of at least 4 members (excludes halogenated alkanes) is 2. The van der Waals surface area contributed by atoms with Gasteiger partial charge in [-0.25, -0.2) is 4.98 Å². The maximum absolute atomic E-state index is 11.5. The Morgan fingerprint density at radius 1 is 1.12 bits per heavy atom. The average molecular weight is 329 g/mol. The van der Waals surface area contributed by atoms with E-state index < -0.39 is 0 Å². The van der Waals surface area contributed by atoms with E-state index in [2.05, 4.69) is 48.0 Å². The highest BCUT2D eigenvalue weighted by molar-refractivity contribution is 5.77. The molecule has 2 rings (SSSR count). The molecule has 0 radical (unpaired) electrons. The molecule has 4 heteroatoms. The number of para-hydroxylation sites is 2. The van der Waals surface area contributed by atoms with Gasteiger partial charge in [-0.05, 0) is 30.9 Å². The molecule has 2 aromatic rings. The zero-order valence-corrected chi connectivity index (χ0v) is 15.5. The normalized spacial score (nSPS) is 11.6. The number of nitrogens with zero attached hydrogens (tertiary/aromatic N) is 2. The minimum absolute atomic E-state index is 0.0703. The first-order chi connectivity index (χ1) is 11.5. The van der Waals surface area contributed by atoms with E-state index in [1.165, 1.54) is 11.3 Å². The number of carbonyl (C=O) groups is 1. The molecule has 0 aliphatic carbocycles. The number of aryl methyl sites for hydroxylation is 1. The largest absolute Gasteiger partial charge is 0.356 e. The molecule has 0 bridgehead atoms.